The van der Waals surface area contributed by atoms with Gasteiger partial charge in [-0.3, -0.25) is 5.32 Å². The van der Waals surface area contributed by atoms with Crippen molar-refractivity contribution in [2.75, 3.05) is 23.8 Å². The summed E-state index contributed by atoms with van der Waals surface area (Å²) in [7, 11) is 0. The lowest BCUT2D eigenvalue weighted by atomic mass is 9.99. The molecule has 2 aromatic heterocycles. The maximum absolute atomic E-state index is 11.7. The van der Waals surface area contributed by atoms with Gasteiger partial charge in [0.25, 0.3) is 0 Å². The summed E-state index contributed by atoms with van der Waals surface area (Å²) in [6.07, 6.45) is -0.0235. The Hall–Kier alpha value is -4.52. The summed E-state index contributed by atoms with van der Waals surface area (Å²) < 4.78 is 12.0. The molecule has 2 amide bonds. The summed E-state index contributed by atoms with van der Waals surface area (Å²) in [5.41, 5.74) is 3.96. The van der Waals surface area contributed by atoms with Gasteiger partial charge >= 0.3 is 12.2 Å². The minimum absolute atomic E-state index is 0.293. The molecule has 0 saturated carbocycles. The largest absolute Gasteiger partial charge is 0.492 e. The Balaban J connectivity index is 1.36. The number of aryl methyl sites for hydroxylation is 2. The highest BCUT2D eigenvalue weighted by molar-refractivity contribution is 7.18. The third-order valence-corrected chi connectivity index (χ3v) is 6.48. The minimum Gasteiger partial charge on any atom is -0.492 e. The van der Waals surface area contributed by atoms with Crippen molar-refractivity contribution in [2.24, 2.45) is 0 Å². The molecule has 12 nitrogen and oxygen atoms in total. The first kappa shape index (κ1) is 28.5. The van der Waals surface area contributed by atoms with Crippen LogP contribution >= 0.6 is 11.3 Å². The van der Waals surface area contributed by atoms with Crippen LogP contribution in [0.15, 0.2) is 36.5 Å². The lowest BCUT2D eigenvalue weighted by molar-refractivity contribution is 0.0520. The second-order valence-corrected chi connectivity index (χ2v) is 11.1. The van der Waals surface area contributed by atoms with E-state index in [1.54, 1.807) is 29.7 Å². The number of carboxylic acid groups (broad SMARTS) is 1. The molecule has 0 atom stereocenters. The number of nitrogens with one attached hydrogen (secondary N) is 3. The van der Waals surface area contributed by atoms with Gasteiger partial charge in [-0.1, -0.05) is 0 Å². The van der Waals surface area contributed by atoms with Crippen LogP contribution in [0.4, 0.5) is 21.2 Å². The van der Waals surface area contributed by atoms with Crippen LogP contribution in [0.1, 0.15) is 36.9 Å². The number of carbonyl (C=O) groups excluding carboxylic acids is 1. The molecule has 0 aliphatic heterocycles. The van der Waals surface area contributed by atoms with Crippen molar-refractivity contribution in [1.82, 2.24) is 25.5 Å². The molecular formula is C27H31N7O5S. The molecule has 210 valence electrons. The highest BCUT2D eigenvalue weighted by Gasteiger charge is 2.16. The van der Waals surface area contributed by atoms with E-state index in [0.29, 0.717) is 42.8 Å². The van der Waals surface area contributed by atoms with Crippen LogP contribution in [0.2, 0.25) is 0 Å². The van der Waals surface area contributed by atoms with Crippen molar-refractivity contribution < 1.29 is 24.2 Å². The zero-order chi connectivity index (χ0) is 28.9. The predicted molar refractivity (Wildman–Crippen MR) is 153 cm³/mol. The standard InChI is InChI=1S/C27H31N7O5S/c1-15-10-17(31-25(35)36)11-16(2)23(15)20-13-30-34-24(33-20)29-14-22-32-19-12-18(6-7-21(19)40-22)38-9-8-28-26(37)39-27(3,4)5/h6-7,10-13,31H,8-9,14H2,1-5H3,(H,28,37)(H,35,36)(H,29,33,34). The summed E-state index contributed by atoms with van der Waals surface area (Å²) in [6.45, 7) is 10.2. The Morgan fingerprint density at radius 3 is 2.52 bits per heavy atom. The Kier molecular flexibility index (Phi) is 8.63. The summed E-state index contributed by atoms with van der Waals surface area (Å²) >= 11 is 1.54. The number of benzene rings is 2. The molecule has 0 aliphatic carbocycles. The van der Waals surface area contributed by atoms with Gasteiger partial charge in [-0.05, 0) is 70.0 Å². The molecule has 2 heterocycles. The molecule has 0 fully saturated rings. The number of hydrogen-bond donors (Lipinski definition) is 4. The number of hydrogen-bond acceptors (Lipinski definition) is 10. The Labute approximate surface area is 235 Å². The maximum Gasteiger partial charge on any atom is 0.409 e. The number of alkyl carbamates (subject to hydrolysis) is 1. The fourth-order valence-corrected chi connectivity index (χ4v) is 4.86. The average Bonchev–Trinajstić information content (AvgIpc) is 3.26. The van der Waals surface area contributed by atoms with Crippen molar-refractivity contribution in [1.29, 1.82) is 0 Å². The van der Waals surface area contributed by atoms with Gasteiger partial charge in [-0.2, -0.15) is 5.10 Å². The molecular weight excluding hydrogens is 534 g/mol. The highest BCUT2D eigenvalue weighted by Crippen LogP contribution is 2.29. The minimum atomic E-state index is -1.12. The Morgan fingerprint density at radius 2 is 1.82 bits per heavy atom. The van der Waals surface area contributed by atoms with Gasteiger partial charge < -0.3 is 25.2 Å². The third kappa shape index (κ3) is 7.76. The van der Waals surface area contributed by atoms with Crippen molar-refractivity contribution in [3.05, 3.63) is 52.7 Å². The zero-order valence-electron chi connectivity index (χ0n) is 22.9. The number of carbonyl (C=O) groups is 2. The average molecular weight is 566 g/mol. The second-order valence-electron chi connectivity index (χ2n) is 9.95. The molecule has 13 heteroatoms. The molecule has 4 N–H and O–H groups in total. The maximum atomic E-state index is 11.7. The van der Waals surface area contributed by atoms with Crippen LogP contribution in [0.3, 0.4) is 0 Å². The molecule has 0 radical (unpaired) electrons. The van der Waals surface area contributed by atoms with Gasteiger partial charge in [0.15, 0.2) is 0 Å². The number of nitrogens with zero attached hydrogens (tertiary/aromatic N) is 4. The fraction of sp³-hybridized carbons (Fsp3) is 0.333. The third-order valence-electron chi connectivity index (χ3n) is 5.44. The zero-order valence-corrected chi connectivity index (χ0v) is 23.7. The molecule has 0 spiro atoms. The van der Waals surface area contributed by atoms with E-state index in [2.05, 4.69) is 36.1 Å². The highest BCUT2D eigenvalue weighted by atomic mass is 32.1. The van der Waals surface area contributed by atoms with Crippen molar-refractivity contribution in [3.8, 4) is 17.0 Å². The SMILES string of the molecule is Cc1cc(NC(=O)O)cc(C)c1-c1cnnc(NCc2nc3cc(OCCNC(=O)OC(C)(C)C)ccc3s2)n1. The fourth-order valence-electron chi connectivity index (χ4n) is 3.97. The second kappa shape index (κ2) is 12.1. The topological polar surface area (TPSA) is 160 Å². The van der Waals surface area contributed by atoms with Crippen molar-refractivity contribution >= 4 is 45.4 Å². The van der Waals surface area contributed by atoms with Gasteiger partial charge in [0.1, 0.15) is 23.0 Å². The van der Waals surface area contributed by atoms with E-state index in [1.807, 2.05) is 52.8 Å². The number of thiazole rings is 1. The number of anilines is 2. The van der Waals surface area contributed by atoms with Crippen molar-refractivity contribution in [3.63, 3.8) is 0 Å². The normalized spacial score (nSPS) is 11.2. The molecule has 0 unspecified atom stereocenters. The number of amides is 2. The van der Waals surface area contributed by atoms with Gasteiger partial charge in [0.2, 0.25) is 5.95 Å². The molecule has 0 bridgehead atoms. The molecule has 0 saturated heterocycles. The van der Waals surface area contributed by atoms with Crippen LogP contribution in [0.25, 0.3) is 21.5 Å². The lowest BCUT2D eigenvalue weighted by Crippen LogP contribution is -2.34. The first-order chi connectivity index (χ1) is 19.0. The molecule has 2 aromatic carbocycles. The van der Waals surface area contributed by atoms with E-state index in [1.165, 1.54) is 0 Å². The van der Waals surface area contributed by atoms with Crippen molar-refractivity contribution in [2.45, 2.75) is 46.8 Å². The van der Waals surface area contributed by atoms with Gasteiger partial charge in [0.05, 0.1) is 35.2 Å². The first-order valence-corrected chi connectivity index (χ1v) is 13.3. The van der Waals surface area contributed by atoms with E-state index in [4.69, 9.17) is 14.6 Å². The molecule has 4 rings (SSSR count). The number of ether oxygens (including phenoxy) is 2. The lowest BCUT2D eigenvalue weighted by Gasteiger charge is -2.19. The van der Waals surface area contributed by atoms with Crippen LogP contribution in [-0.4, -0.2) is 56.2 Å². The van der Waals surface area contributed by atoms with Crippen LogP contribution in [0, 0.1) is 13.8 Å². The predicted octanol–water partition coefficient (Wildman–Crippen LogP) is 5.37. The van der Waals surface area contributed by atoms with E-state index in [9.17, 15) is 9.59 Å². The molecule has 40 heavy (non-hydrogen) atoms. The van der Waals surface area contributed by atoms with E-state index in [0.717, 1.165) is 31.9 Å². The molecule has 0 aliphatic rings. The van der Waals surface area contributed by atoms with Crippen LogP contribution in [-0.2, 0) is 11.3 Å². The number of aromatic nitrogens is 4. The van der Waals surface area contributed by atoms with Crippen LogP contribution < -0.4 is 20.7 Å². The van der Waals surface area contributed by atoms with E-state index >= 15 is 0 Å². The van der Waals surface area contributed by atoms with Gasteiger partial charge in [-0.15, -0.1) is 16.4 Å². The smallest absolute Gasteiger partial charge is 0.409 e. The Morgan fingerprint density at radius 1 is 1.07 bits per heavy atom. The van der Waals surface area contributed by atoms with Gasteiger partial charge in [-0.25, -0.2) is 19.6 Å². The summed E-state index contributed by atoms with van der Waals surface area (Å²) in [5, 5.41) is 26.2. The van der Waals surface area contributed by atoms with Gasteiger partial charge in [0, 0.05) is 17.3 Å². The molecule has 4 aromatic rings. The summed E-state index contributed by atoms with van der Waals surface area (Å²) in [4.78, 5) is 32.0. The summed E-state index contributed by atoms with van der Waals surface area (Å²) in [5.74, 6) is 1.00. The van der Waals surface area contributed by atoms with E-state index in [-0.39, 0.29) is 0 Å². The monoisotopic (exact) mass is 565 g/mol. The summed E-state index contributed by atoms with van der Waals surface area (Å²) in [6, 6.07) is 9.17. The van der Waals surface area contributed by atoms with Crippen LogP contribution in [0.5, 0.6) is 5.75 Å². The van der Waals surface area contributed by atoms with E-state index < -0.39 is 17.8 Å². The Bertz CT molecular complexity index is 1510. The quantitative estimate of drug-likeness (QED) is 0.194. The number of rotatable bonds is 9. The number of fused-ring (bicyclic) bond motifs is 1. The first-order valence-electron chi connectivity index (χ1n) is 12.5.